The van der Waals surface area contributed by atoms with Gasteiger partial charge in [-0.05, 0) is 96.8 Å². The quantitative estimate of drug-likeness (QED) is 0.0531. The van der Waals surface area contributed by atoms with Crippen LogP contribution in [0.5, 0.6) is 0 Å². The average Bonchev–Trinajstić information content (AvgIpc) is 3.05. The predicted octanol–water partition coefficient (Wildman–Crippen LogP) is 11.1. The van der Waals surface area contributed by atoms with E-state index in [0.29, 0.717) is 19.4 Å². The van der Waals surface area contributed by atoms with Crippen molar-refractivity contribution in [1.82, 2.24) is 4.90 Å². The maximum atomic E-state index is 12.8. The van der Waals surface area contributed by atoms with E-state index in [9.17, 15) is 9.59 Å². The van der Waals surface area contributed by atoms with Crippen molar-refractivity contribution in [2.24, 2.45) is 5.73 Å². The Morgan fingerprint density at radius 2 is 0.913 bits per heavy atom. The summed E-state index contributed by atoms with van der Waals surface area (Å²) in [4.78, 5) is 27.2. The van der Waals surface area contributed by atoms with Gasteiger partial charge in [0.1, 0.15) is 6.10 Å². The molecule has 0 aromatic rings. The van der Waals surface area contributed by atoms with E-state index in [1.165, 1.54) is 103 Å². The van der Waals surface area contributed by atoms with Gasteiger partial charge >= 0.3 is 11.9 Å². The number of hydrogen-bond donors (Lipinski definition) is 1. The third kappa shape index (κ3) is 32.8. The Labute approximate surface area is 287 Å². The Morgan fingerprint density at radius 3 is 1.48 bits per heavy atom. The fourth-order valence-electron chi connectivity index (χ4n) is 6.15. The summed E-state index contributed by atoms with van der Waals surface area (Å²) in [6.45, 7) is 11.3. The lowest BCUT2D eigenvalue weighted by atomic mass is 10.0. The van der Waals surface area contributed by atoms with E-state index in [1.807, 2.05) is 0 Å². The maximum absolute atomic E-state index is 12.8. The zero-order chi connectivity index (χ0) is 33.8. The van der Waals surface area contributed by atoms with E-state index >= 15 is 0 Å². The summed E-state index contributed by atoms with van der Waals surface area (Å²) in [6, 6.07) is 0. The molecule has 274 valence electrons. The van der Waals surface area contributed by atoms with Crippen molar-refractivity contribution in [3.05, 3.63) is 0 Å². The molecule has 0 amide bonds. The summed E-state index contributed by atoms with van der Waals surface area (Å²) in [6.07, 6.45) is 33.1. The molecule has 2 N–H and O–H groups in total. The van der Waals surface area contributed by atoms with Crippen molar-refractivity contribution in [3.63, 3.8) is 0 Å². The van der Waals surface area contributed by atoms with Gasteiger partial charge in [-0.2, -0.15) is 0 Å². The van der Waals surface area contributed by atoms with Gasteiger partial charge in [-0.25, -0.2) is 0 Å². The van der Waals surface area contributed by atoms with Crippen LogP contribution < -0.4 is 5.73 Å². The van der Waals surface area contributed by atoms with Gasteiger partial charge in [0.15, 0.2) is 0 Å². The first-order valence-corrected chi connectivity index (χ1v) is 20.3. The second-order valence-electron chi connectivity index (χ2n) is 13.8. The number of ether oxygens (including phenoxy) is 2. The van der Waals surface area contributed by atoms with Crippen LogP contribution in [0.3, 0.4) is 0 Å². The van der Waals surface area contributed by atoms with E-state index in [0.717, 1.165) is 96.8 Å². The minimum atomic E-state index is -0.0290. The van der Waals surface area contributed by atoms with Crippen molar-refractivity contribution in [3.8, 4) is 0 Å². The smallest absolute Gasteiger partial charge is 0.306 e. The molecule has 0 radical (unpaired) electrons. The highest BCUT2D eigenvalue weighted by Gasteiger charge is 2.15. The van der Waals surface area contributed by atoms with E-state index in [4.69, 9.17) is 15.2 Å². The summed E-state index contributed by atoms with van der Waals surface area (Å²) in [7, 11) is 0. The van der Waals surface area contributed by atoms with Crippen molar-refractivity contribution in [2.45, 2.75) is 213 Å². The first kappa shape index (κ1) is 44.9. The molecule has 0 atom stereocenters. The second-order valence-corrected chi connectivity index (χ2v) is 13.8. The fourth-order valence-corrected chi connectivity index (χ4v) is 6.15. The minimum absolute atomic E-state index is 0.0152. The molecule has 0 fully saturated rings. The van der Waals surface area contributed by atoms with E-state index < -0.39 is 0 Å². The molecular weight excluding hydrogens is 572 g/mol. The third-order valence-corrected chi connectivity index (χ3v) is 9.21. The van der Waals surface area contributed by atoms with Crippen molar-refractivity contribution < 1.29 is 19.1 Å². The van der Waals surface area contributed by atoms with Crippen molar-refractivity contribution in [1.29, 1.82) is 0 Å². The largest absolute Gasteiger partial charge is 0.466 e. The topological polar surface area (TPSA) is 81.9 Å². The van der Waals surface area contributed by atoms with Crippen LogP contribution >= 0.6 is 0 Å². The van der Waals surface area contributed by atoms with Crippen LogP contribution in [-0.2, 0) is 19.1 Å². The lowest BCUT2D eigenvalue weighted by Gasteiger charge is -2.22. The first-order chi connectivity index (χ1) is 22.6. The normalized spacial score (nSPS) is 11.5. The molecule has 0 aliphatic rings. The molecule has 0 spiro atoms. The molecule has 0 unspecified atom stereocenters. The molecule has 0 saturated carbocycles. The van der Waals surface area contributed by atoms with E-state index in [1.54, 1.807) is 0 Å². The van der Waals surface area contributed by atoms with Crippen LogP contribution in [0.4, 0.5) is 0 Å². The highest BCUT2D eigenvalue weighted by atomic mass is 16.5. The molecule has 0 heterocycles. The Morgan fingerprint density at radius 1 is 0.500 bits per heavy atom. The number of nitrogens with zero attached hydrogens (tertiary/aromatic N) is 1. The Hall–Kier alpha value is -1.14. The zero-order valence-electron chi connectivity index (χ0n) is 31.3. The van der Waals surface area contributed by atoms with Crippen LogP contribution in [0.25, 0.3) is 0 Å². The SMILES string of the molecule is CCCCCCCCC(CCCCCCCC)OC(=O)CCCCN(CCCCN)CCCCCCCCC(=O)OCCCCC. The predicted molar refractivity (Wildman–Crippen MR) is 197 cm³/mol. The monoisotopic (exact) mass is 653 g/mol. The number of carbonyl (C=O) groups is 2. The number of carbonyl (C=O) groups excluding carboxylic acids is 2. The number of unbranched alkanes of at least 4 members (excludes halogenated alkanes) is 19. The number of hydrogen-bond acceptors (Lipinski definition) is 6. The molecule has 0 rings (SSSR count). The minimum Gasteiger partial charge on any atom is -0.466 e. The van der Waals surface area contributed by atoms with Gasteiger partial charge in [0.2, 0.25) is 0 Å². The van der Waals surface area contributed by atoms with Gasteiger partial charge in [0, 0.05) is 12.8 Å². The maximum Gasteiger partial charge on any atom is 0.306 e. The van der Waals surface area contributed by atoms with Gasteiger partial charge in [-0.15, -0.1) is 0 Å². The molecule has 0 saturated heterocycles. The Balaban J connectivity index is 4.27. The second kappa shape index (κ2) is 36.7. The number of rotatable bonds is 37. The highest BCUT2D eigenvalue weighted by molar-refractivity contribution is 5.69. The van der Waals surface area contributed by atoms with Crippen LogP contribution in [-0.4, -0.2) is 55.7 Å². The summed E-state index contributed by atoms with van der Waals surface area (Å²) in [5.41, 5.74) is 5.76. The van der Waals surface area contributed by atoms with Crippen LogP contribution in [0.1, 0.15) is 207 Å². The van der Waals surface area contributed by atoms with Gasteiger partial charge in [-0.1, -0.05) is 124 Å². The molecule has 0 aromatic carbocycles. The molecule has 6 heteroatoms. The first-order valence-electron chi connectivity index (χ1n) is 20.3. The standard InChI is InChI=1S/C40H80N2O4/c1-4-7-10-12-16-20-29-38(30-21-17-13-11-8-5-2)46-40(44)32-23-26-35-42(36-27-24-33-41)34-25-19-15-14-18-22-31-39(43)45-37-28-9-6-3/h38H,4-37,41H2,1-3H3. The lowest BCUT2D eigenvalue weighted by molar-refractivity contribution is -0.150. The van der Waals surface area contributed by atoms with Crippen molar-refractivity contribution >= 4 is 11.9 Å². The Bertz CT molecular complexity index is 629. The van der Waals surface area contributed by atoms with Gasteiger partial charge in [-0.3, -0.25) is 9.59 Å². The van der Waals surface area contributed by atoms with Crippen LogP contribution in [0, 0.1) is 0 Å². The zero-order valence-corrected chi connectivity index (χ0v) is 31.3. The molecule has 6 nitrogen and oxygen atoms in total. The average molecular weight is 653 g/mol. The van der Waals surface area contributed by atoms with Gasteiger partial charge in [0.05, 0.1) is 6.61 Å². The van der Waals surface area contributed by atoms with Gasteiger partial charge in [0.25, 0.3) is 0 Å². The Kier molecular flexibility index (Phi) is 35.8. The number of esters is 2. The van der Waals surface area contributed by atoms with Crippen LogP contribution in [0.15, 0.2) is 0 Å². The summed E-state index contributed by atoms with van der Waals surface area (Å²) in [5.74, 6) is -0.0139. The fraction of sp³-hybridized carbons (Fsp3) is 0.950. The summed E-state index contributed by atoms with van der Waals surface area (Å²) >= 11 is 0. The summed E-state index contributed by atoms with van der Waals surface area (Å²) in [5, 5.41) is 0. The summed E-state index contributed by atoms with van der Waals surface area (Å²) < 4.78 is 11.4. The molecule has 0 aliphatic carbocycles. The van der Waals surface area contributed by atoms with Gasteiger partial charge < -0.3 is 20.1 Å². The van der Waals surface area contributed by atoms with Crippen LogP contribution in [0.2, 0.25) is 0 Å². The third-order valence-electron chi connectivity index (χ3n) is 9.21. The molecule has 0 aromatic heterocycles. The molecule has 0 aliphatic heterocycles. The molecular formula is C40H80N2O4. The van der Waals surface area contributed by atoms with E-state index in [2.05, 4.69) is 25.7 Å². The molecule has 46 heavy (non-hydrogen) atoms. The van der Waals surface area contributed by atoms with Crippen molar-refractivity contribution in [2.75, 3.05) is 32.8 Å². The number of nitrogens with two attached hydrogens (primary N) is 1. The van der Waals surface area contributed by atoms with E-state index in [-0.39, 0.29) is 18.0 Å². The molecule has 0 bridgehead atoms. The lowest BCUT2D eigenvalue weighted by Crippen LogP contribution is -2.28. The highest BCUT2D eigenvalue weighted by Crippen LogP contribution is 2.18.